The lowest BCUT2D eigenvalue weighted by molar-refractivity contribution is 0.102. The molecule has 0 spiro atoms. The average molecular weight is 265 g/mol. The monoisotopic (exact) mass is 265 g/mol. The van der Waals surface area contributed by atoms with Crippen molar-refractivity contribution in [3.63, 3.8) is 0 Å². The van der Waals surface area contributed by atoms with Crippen LogP contribution in [0.1, 0.15) is 17.3 Å². The van der Waals surface area contributed by atoms with Crippen LogP contribution in [0.5, 0.6) is 0 Å². The van der Waals surface area contributed by atoms with Crippen molar-refractivity contribution in [3.05, 3.63) is 60.3 Å². The van der Waals surface area contributed by atoms with E-state index >= 15 is 0 Å². The minimum absolute atomic E-state index is 0.132. The minimum Gasteiger partial charge on any atom is -0.305 e. The van der Waals surface area contributed by atoms with Gasteiger partial charge in [-0.05, 0) is 24.1 Å². The molecule has 0 bridgehead atoms. The smallest absolute Gasteiger partial charge is 0.257 e. The molecule has 0 saturated heterocycles. The fourth-order valence-electron chi connectivity index (χ4n) is 2.20. The van der Waals surface area contributed by atoms with Crippen LogP contribution in [-0.2, 0) is 6.54 Å². The van der Waals surface area contributed by atoms with E-state index in [1.165, 1.54) is 0 Å². The Bertz CT molecular complexity index is 717. The highest BCUT2D eigenvalue weighted by atomic mass is 16.1. The molecule has 0 unspecified atom stereocenters. The molecule has 1 amide bonds. The SMILES string of the molecule is CCn1ccc(NC(=O)c2ccc3cccccc2-3)n1. The molecule has 4 nitrogen and oxygen atoms in total. The second kappa shape index (κ2) is 5.17. The minimum atomic E-state index is -0.132. The van der Waals surface area contributed by atoms with Gasteiger partial charge in [0, 0.05) is 24.4 Å². The van der Waals surface area contributed by atoms with Gasteiger partial charge in [0.2, 0.25) is 0 Å². The van der Waals surface area contributed by atoms with E-state index in [9.17, 15) is 4.79 Å². The molecule has 0 fully saturated rings. The van der Waals surface area contributed by atoms with E-state index in [1.54, 1.807) is 10.7 Å². The van der Waals surface area contributed by atoms with Gasteiger partial charge in [-0.1, -0.05) is 36.4 Å². The number of aryl methyl sites for hydroxylation is 1. The zero-order valence-electron chi connectivity index (χ0n) is 11.2. The number of hydrogen-bond donors (Lipinski definition) is 1. The Balaban J connectivity index is 1.87. The molecule has 0 radical (unpaired) electrons. The molecule has 2 aliphatic rings. The number of rotatable bonds is 3. The quantitative estimate of drug-likeness (QED) is 0.790. The molecule has 1 aromatic heterocycles. The number of nitrogens with one attached hydrogen (secondary N) is 1. The van der Waals surface area contributed by atoms with Crippen LogP contribution in [-0.4, -0.2) is 15.7 Å². The van der Waals surface area contributed by atoms with Crippen molar-refractivity contribution >= 4 is 11.7 Å². The predicted octanol–water partition coefficient (Wildman–Crippen LogP) is 3.26. The number of aromatic nitrogens is 2. The first-order valence-corrected chi connectivity index (χ1v) is 6.60. The first-order chi connectivity index (χ1) is 9.78. The maximum absolute atomic E-state index is 12.3. The summed E-state index contributed by atoms with van der Waals surface area (Å²) in [5.74, 6) is 0.444. The number of hydrogen-bond acceptors (Lipinski definition) is 2. The fourth-order valence-corrected chi connectivity index (χ4v) is 2.20. The summed E-state index contributed by atoms with van der Waals surface area (Å²) in [6, 6.07) is 15.4. The van der Waals surface area contributed by atoms with E-state index in [-0.39, 0.29) is 5.91 Å². The summed E-state index contributed by atoms with van der Waals surface area (Å²) in [5, 5.41) is 7.09. The second-order valence-corrected chi connectivity index (χ2v) is 4.54. The van der Waals surface area contributed by atoms with Gasteiger partial charge < -0.3 is 5.32 Å². The molecular weight excluding hydrogens is 250 g/mol. The summed E-state index contributed by atoms with van der Waals surface area (Å²) in [7, 11) is 0. The highest BCUT2D eigenvalue weighted by molar-refractivity contribution is 6.09. The van der Waals surface area contributed by atoms with Crippen LogP contribution in [0.2, 0.25) is 0 Å². The predicted molar refractivity (Wildman–Crippen MR) is 78.9 cm³/mol. The summed E-state index contributed by atoms with van der Waals surface area (Å²) in [6.07, 6.45) is 1.85. The standard InChI is InChI=1S/C16H15N3O/c1-2-19-11-10-15(18-19)17-16(20)14-9-8-12-6-4-3-5-7-13(12)14/h3-11H,2H2,1H3,(H,17,18,20). The Labute approximate surface area is 117 Å². The summed E-state index contributed by atoms with van der Waals surface area (Å²) >= 11 is 0. The number of anilines is 1. The third kappa shape index (κ3) is 2.28. The molecule has 2 aliphatic carbocycles. The lowest BCUT2D eigenvalue weighted by Gasteiger charge is -2.02. The lowest BCUT2D eigenvalue weighted by atomic mass is 10.1. The van der Waals surface area contributed by atoms with Gasteiger partial charge in [0.15, 0.2) is 5.82 Å². The Kier molecular flexibility index (Phi) is 3.21. The lowest BCUT2D eigenvalue weighted by Crippen LogP contribution is -2.12. The molecule has 0 aromatic carbocycles. The van der Waals surface area contributed by atoms with Crippen LogP contribution in [0, 0.1) is 0 Å². The first kappa shape index (κ1) is 12.4. The molecule has 1 heterocycles. The molecule has 1 N–H and O–H groups in total. The molecule has 4 heteroatoms. The van der Waals surface area contributed by atoms with Gasteiger partial charge in [-0.2, -0.15) is 5.10 Å². The zero-order chi connectivity index (χ0) is 13.9. The average Bonchev–Trinajstić information content (AvgIpc) is 3.00. The summed E-state index contributed by atoms with van der Waals surface area (Å²) < 4.78 is 1.78. The van der Waals surface area contributed by atoms with Crippen LogP contribution in [0.15, 0.2) is 54.7 Å². The van der Waals surface area contributed by atoms with Gasteiger partial charge in [-0.15, -0.1) is 0 Å². The first-order valence-electron chi connectivity index (χ1n) is 6.60. The largest absolute Gasteiger partial charge is 0.305 e. The van der Waals surface area contributed by atoms with Gasteiger partial charge in [0.05, 0.1) is 0 Å². The second-order valence-electron chi connectivity index (χ2n) is 4.54. The van der Waals surface area contributed by atoms with Crippen molar-refractivity contribution in [2.45, 2.75) is 13.5 Å². The van der Waals surface area contributed by atoms with Gasteiger partial charge in [-0.25, -0.2) is 0 Å². The Morgan fingerprint density at radius 1 is 1.15 bits per heavy atom. The molecule has 1 aromatic rings. The highest BCUT2D eigenvalue weighted by Gasteiger charge is 2.15. The fraction of sp³-hybridized carbons (Fsp3) is 0.125. The van der Waals surface area contributed by atoms with Crippen molar-refractivity contribution in [1.29, 1.82) is 0 Å². The zero-order valence-corrected chi connectivity index (χ0v) is 11.2. The number of nitrogens with zero attached hydrogens (tertiary/aromatic N) is 2. The number of carbonyl (C=O) groups is 1. The number of fused-ring (bicyclic) bond motifs is 1. The van der Waals surface area contributed by atoms with Crippen LogP contribution in [0.25, 0.3) is 11.1 Å². The van der Waals surface area contributed by atoms with E-state index in [1.807, 2.05) is 55.6 Å². The normalized spacial score (nSPS) is 10.7. The van der Waals surface area contributed by atoms with E-state index < -0.39 is 0 Å². The van der Waals surface area contributed by atoms with Crippen LogP contribution < -0.4 is 5.32 Å². The summed E-state index contributed by atoms with van der Waals surface area (Å²) in [4.78, 5) is 12.3. The van der Waals surface area contributed by atoms with Gasteiger partial charge in [-0.3, -0.25) is 9.48 Å². The number of carbonyl (C=O) groups excluding carboxylic acids is 1. The topological polar surface area (TPSA) is 46.9 Å². The Hall–Kier alpha value is -2.62. The van der Waals surface area contributed by atoms with E-state index in [0.717, 1.165) is 17.7 Å². The maximum atomic E-state index is 12.3. The Morgan fingerprint density at radius 2 is 2.00 bits per heavy atom. The van der Waals surface area contributed by atoms with Gasteiger partial charge >= 0.3 is 0 Å². The van der Waals surface area contributed by atoms with E-state index in [2.05, 4.69) is 10.4 Å². The van der Waals surface area contributed by atoms with Crippen molar-refractivity contribution in [1.82, 2.24) is 9.78 Å². The summed E-state index contributed by atoms with van der Waals surface area (Å²) in [5.41, 5.74) is 2.67. The van der Waals surface area contributed by atoms with Crippen molar-refractivity contribution in [2.24, 2.45) is 0 Å². The molecule has 0 atom stereocenters. The molecule has 20 heavy (non-hydrogen) atoms. The van der Waals surface area contributed by atoms with Crippen molar-refractivity contribution in [2.75, 3.05) is 5.32 Å². The third-order valence-corrected chi connectivity index (χ3v) is 3.24. The van der Waals surface area contributed by atoms with Gasteiger partial charge in [0.1, 0.15) is 0 Å². The van der Waals surface area contributed by atoms with Gasteiger partial charge in [0.25, 0.3) is 5.91 Å². The summed E-state index contributed by atoms with van der Waals surface area (Å²) in [6.45, 7) is 2.79. The molecule has 0 aliphatic heterocycles. The van der Waals surface area contributed by atoms with Crippen molar-refractivity contribution < 1.29 is 4.79 Å². The maximum Gasteiger partial charge on any atom is 0.257 e. The Morgan fingerprint density at radius 3 is 2.80 bits per heavy atom. The third-order valence-electron chi connectivity index (χ3n) is 3.24. The van der Waals surface area contributed by atoms with E-state index in [0.29, 0.717) is 11.4 Å². The molecule has 3 rings (SSSR count). The van der Waals surface area contributed by atoms with E-state index in [4.69, 9.17) is 0 Å². The van der Waals surface area contributed by atoms with Crippen LogP contribution in [0.3, 0.4) is 0 Å². The van der Waals surface area contributed by atoms with Crippen LogP contribution in [0.4, 0.5) is 5.82 Å². The number of amides is 1. The molecule has 100 valence electrons. The van der Waals surface area contributed by atoms with Crippen LogP contribution >= 0.6 is 0 Å². The molecular formula is C16H15N3O. The molecule has 0 saturated carbocycles. The van der Waals surface area contributed by atoms with Crippen molar-refractivity contribution in [3.8, 4) is 11.1 Å². The highest BCUT2D eigenvalue weighted by Crippen LogP contribution is 2.27.